The average molecular weight is 241 g/mol. The molecule has 0 aliphatic carbocycles. The molecule has 0 bridgehead atoms. The number of carbonyl (C=O) groups excluding carboxylic acids is 1. The lowest BCUT2D eigenvalue weighted by atomic mass is 10.1. The van der Waals surface area contributed by atoms with Crippen LogP contribution in [-0.2, 0) is 11.2 Å². The van der Waals surface area contributed by atoms with Crippen molar-refractivity contribution in [2.45, 2.75) is 26.2 Å². The Bertz CT molecular complexity index is 380. The second-order valence-electron chi connectivity index (χ2n) is 3.99. The average Bonchev–Trinajstić information content (AvgIpc) is 2.85. The molecule has 1 aliphatic rings. The fraction of sp³-hybridized carbons (Fsp3) is 0.700. The summed E-state index contributed by atoms with van der Waals surface area (Å²) in [5.74, 6) is 0.0873. The number of rotatable bonds is 4. The van der Waals surface area contributed by atoms with Gasteiger partial charge in [0.1, 0.15) is 5.01 Å². The molecule has 1 N–H and O–H groups in total. The first-order valence-electron chi connectivity index (χ1n) is 5.48. The van der Waals surface area contributed by atoms with E-state index < -0.39 is 0 Å². The van der Waals surface area contributed by atoms with Crippen molar-refractivity contribution in [3.8, 4) is 0 Å². The van der Waals surface area contributed by atoms with Crippen LogP contribution in [0.5, 0.6) is 0 Å². The van der Waals surface area contributed by atoms with Gasteiger partial charge in [-0.1, -0.05) is 18.3 Å². The first-order chi connectivity index (χ1) is 7.74. The highest BCUT2D eigenvalue weighted by molar-refractivity contribution is 7.15. The van der Waals surface area contributed by atoms with E-state index in [1.54, 1.807) is 4.90 Å². The lowest BCUT2D eigenvalue weighted by molar-refractivity contribution is -0.117. The highest BCUT2D eigenvalue weighted by atomic mass is 32.1. The molecule has 0 spiro atoms. The van der Waals surface area contributed by atoms with Gasteiger partial charge < -0.3 is 5.11 Å². The number of hydrogen-bond donors (Lipinski definition) is 1. The van der Waals surface area contributed by atoms with Gasteiger partial charge in [-0.15, -0.1) is 10.2 Å². The SMILES string of the molecule is CCCc1nnc(N2CC(CO)CC2=O)s1. The normalized spacial score (nSPS) is 20.8. The van der Waals surface area contributed by atoms with Gasteiger partial charge >= 0.3 is 0 Å². The molecular formula is C10H15N3O2S. The monoisotopic (exact) mass is 241 g/mol. The Morgan fingerprint density at radius 1 is 1.56 bits per heavy atom. The molecule has 88 valence electrons. The third-order valence-corrected chi connectivity index (χ3v) is 3.62. The third-order valence-electron chi connectivity index (χ3n) is 2.61. The Labute approximate surface area is 98.1 Å². The molecule has 1 aromatic heterocycles. The zero-order chi connectivity index (χ0) is 11.5. The zero-order valence-corrected chi connectivity index (χ0v) is 10.0. The number of hydrogen-bond acceptors (Lipinski definition) is 5. The first-order valence-corrected chi connectivity index (χ1v) is 6.29. The van der Waals surface area contributed by atoms with Gasteiger partial charge in [-0.3, -0.25) is 9.69 Å². The number of amides is 1. The minimum Gasteiger partial charge on any atom is -0.396 e. The van der Waals surface area contributed by atoms with Crippen LogP contribution in [0.2, 0.25) is 0 Å². The van der Waals surface area contributed by atoms with E-state index in [9.17, 15) is 4.79 Å². The number of aromatic nitrogens is 2. The number of carbonyl (C=O) groups is 1. The van der Waals surface area contributed by atoms with Crippen molar-refractivity contribution in [2.24, 2.45) is 5.92 Å². The molecule has 1 fully saturated rings. The number of anilines is 1. The molecule has 0 saturated carbocycles. The summed E-state index contributed by atoms with van der Waals surface area (Å²) in [7, 11) is 0. The summed E-state index contributed by atoms with van der Waals surface area (Å²) < 4.78 is 0. The van der Waals surface area contributed by atoms with Crippen LogP contribution < -0.4 is 4.90 Å². The Morgan fingerprint density at radius 2 is 2.38 bits per heavy atom. The molecule has 1 aliphatic heterocycles. The smallest absolute Gasteiger partial charge is 0.229 e. The summed E-state index contributed by atoms with van der Waals surface area (Å²) in [5.41, 5.74) is 0. The van der Waals surface area contributed by atoms with Crippen molar-refractivity contribution in [2.75, 3.05) is 18.1 Å². The van der Waals surface area contributed by atoms with E-state index in [1.807, 2.05) is 0 Å². The van der Waals surface area contributed by atoms with Gasteiger partial charge in [0, 0.05) is 31.9 Å². The molecule has 1 saturated heterocycles. The maximum absolute atomic E-state index is 11.7. The third kappa shape index (κ3) is 2.22. The van der Waals surface area contributed by atoms with Gasteiger partial charge in [0.25, 0.3) is 0 Å². The predicted octanol–water partition coefficient (Wildman–Crippen LogP) is 0.836. The molecule has 0 aromatic carbocycles. The number of nitrogens with zero attached hydrogens (tertiary/aromatic N) is 3. The van der Waals surface area contributed by atoms with Crippen molar-refractivity contribution in [1.82, 2.24) is 10.2 Å². The lowest BCUT2D eigenvalue weighted by Gasteiger charge is -2.10. The van der Waals surface area contributed by atoms with Crippen LogP contribution in [-0.4, -0.2) is 34.4 Å². The second-order valence-corrected chi connectivity index (χ2v) is 5.03. The Hall–Kier alpha value is -1.01. The van der Waals surface area contributed by atoms with E-state index in [0.29, 0.717) is 18.1 Å². The summed E-state index contributed by atoms with van der Waals surface area (Å²) in [5, 5.41) is 18.7. The van der Waals surface area contributed by atoms with Crippen LogP contribution in [0.4, 0.5) is 5.13 Å². The topological polar surface area (TPSA) is 66.3 Å². The molecule has 1 unspecified atom stereocenters. The first kappa shape index (κ1) is 11.5. The standard InChI is InChI=1S/C10H15N3O2S/c1-2-3-8-11-12-10(16-8)13-5-7(6-14)4-9(13)15/h7,14H,2-6H2,1H3. The number of aliphatic hydroxyl groups is 1. The molecular weight excluding hydrogens is 226 g/mol. The Kier molecular flexibility index (Phi) is 3.50. The number of aliphatic hydroxyl groups excluding tert-OH is 1. The highest BCUT2D eigenvalue weighted by Crippen LogP contribution is 2.27. The van der Waals surface area contributed by atoms with Crippen LogP contribution in [0, 0.1) is 5.92 Å². The maximum Gasteiger partial charge on any atom is 0.229 e. The van der Waals surface area contributed by atoms with E-state index in [0.717, 1.165) is 17.8 Å². The highest BCUT2D eigenvalue weighted by Gasteiger charge is 2.32. The molecule has 1 atom stereocenters. The molecule has 1 amide bonds. The summed E-state index contributed by atoms with van der Waals surface area (Å²) >= 11 is 1.47. The minimum absolute atomic E-state index is 0.0400. The summed E-state index contributed by atoms with van der Waals surface area (Å²) in [6.45, 7) is 2.71. The van der Waals surface area contributed by atoms with Gasteiger partial charge in [-0.25, -0.2) is 0 Å². The van der Waals surface area contributed by atoms with E-state index in [1.165, 1.54) is 11.3 Å². The van der Waals surface area contributed by atoms with Crippen molar-refractivity contribution >= 4 is 22.4 Å². The Morgan fingerprint density at radius 3 is 3.00 bits per heavy atom. The van der Waals surface area contributed by atoms with Crippen LogP contribution in [0.25, 0.3) is 0 Å². The van der Waals surface area contributed by atoms with E-state index in [2.05, 4.69) is 17.1 Å². The van der Waals surface area contributed by atoms with Gasteiger partial charge in [0.2, 0.25) is 11.0 Å². The van der Waals surface area contributed by atoms with Crippen molar-refractivity contribution < 1.29 is 9.90 Å². The quantitative estimate of drug-likeness (QED) is 0.848. The lowest BCUT2D eigenvalue weighted by Crippen LogP contribution is -2.24. The van der Waals surface area contributed by atoms with E-state index in [-0.39, 0.29) is 18.4 Å². The molecule has 6 heteroatoms. The largest absolute Gasteiger partial charge is 0.396 e. The van der Waals surface area contributed by atoms with Gasteiger partial charge in [0.15, 0.2) is 0 Å². The molecule has 5 nitrogen and oxygen atoms in total. The van der Waals surface area contributed by atoms with E-state index in [4.69, 9.17) is 5.11 Å². The van der Waals surface area contributed by atoms with Crippen LogP contribution in [0.15, 0.2) is 0 Å². The van der Waals surface area contributed by atoms with Crippen LogP contribution in [0.3, 0.4) is 0 Å². The predicted molar refractivity (Wildman–Crippen MR) is 61.4 cm³/mol. The fourth-order valence-electron chi connectivity index (χ4n) is 1.76. The van der Waals surface area contributed by atoms with Crippen LogP contribution >= 0.6 is 11.3 Å². The second kappa shape index (κ2) is 4.88. The van der Waals surface area contributed by atoms with Crippen molar-refractivity contribution in [1.29, 1.82) is 0 Å². The van der Waals surface area contributed by atoms with Crippen molar-refractivity contribution in [3.63, 3.8) is 0 Å². The summed E-state index contributed by atoms with van der Waals surface area (Å²) in [6.07, 6.45) is 2.35. The molecule has 0 radical (unpaired) electrons. The maximum atomic E-state index is 11.7. The van der Waals surface area contributed by atoms with Gasteiger partial charge in [-0.2, -0.15) is 0 Å². The van der Waals surface area contributed by atoms with Crippen LogP contribution in [0.1, 0.15) is 24.8 Å². The van der Waals surface area contributed by atoms with Gasteiger partial charge in [0.05, 0.1) is 0 Å². The summed E-state index contributed by atoms with van der Waals surface area (Å²) in [4.78, 5) is 13.3. The summed E-state index contributed by atoms with van der Waals surface area (Å²) in [6, 6.07) is 0. The molecule has 2 heterocycles. The van der Waals surface area contributed by atoms with E-state index >= 15 is 0 Å². The minimum atomic E-state index is 0.0400. The molecule has 16 heavy (non-hydrogen) atoms. The Balaban J connectivity index is 2.09. The van der Waals surface area contributed by atoms with Crippen molar-refractivity contribution in [3.05, 3.63) is 5.01 Å². The zero-order valence-electron chi connectivity index (χ0n) is 9.22. The van der Waals surface area contributed by atoms with Gasteiger partial charge in [-0.05, 0) is 6.42 Å². The fourth-order valence-corrected chi connectivity index (χ4v) is 2.72. The number of aryl methyl sites for hydroxylation is 1. The molecule has 1 aromatic rings. The molecule has 2 rings (SSSR count).